The predicted octanol–water partition coefficient (Wildman–Crippen LogP) is -1.63. The first kappa shape index (κ1) is 64.3. The molecule has 4 aliphatic carbocycles. The second-order valence-electron chi connectivity index (χ2n) is 26.4. The van der Waals surface area contributed by atoms with Crippen LogP contribution in [-0.4, -0.2) is 245 Å². The molecule has 0 amide bonds. The maximum Gasteiger partial charge on any atom is 0.302 e. The van der Waals surface area contributed by atoms with Gasteiger partial charge in [-0.15, -0.1) is 0 Å². The minimum absolute atomic E-state index is 0.0210. The summed E-state index contributed by atoms with van der Waals surface area (Å²) in [6, 6.07) is 0. The van der Waals surface area contributed by atoms with Gasteiger partial charge in [0.25, 0.3) is 0 Å². The molecule has 14 N–H and O–H groups in total. The average Bonchev–Trinajstić information content (AvgIpc) is 2.95. The number of aliphatic hydroxyl groups excluding tert-OH is 14. The number of hydrogen-bond donors (Lipinski definition) is 14. The van der Waals surface area contributed by atoms with Crippen LogP contribution in [0.2, 0.25) is 0 Å². The largest absolute Gasteiger partial charge is 0.463 e. The van der Waals surface area contributed by atoms with Gasteiger partial charge in [0.1, 0.15) is 104 Å². The van der Waals surface area contributed by atoms with E-state index in [1.165, 1.54) is 0 Å². The summed E-state index contributed by atoms with van der Waals surface area (Å²) in [5.41, 5.74) is -1.67. The number of hydrogen-bond acceptors (Lipinski definition) is 24. The van der Waals surface area contributed by atoms with Gasteiger partial charge in [-0.05, 0) is 124 Å². The highest BCUT2D eigenvalue weighted by Gasteiger charge is 2.72. The van der Waals surface area contributed by atoms with E-state index in [-0.39, 0.29) is 34.5 Å². The molecular weight excluding hydrogens is 1060 g/mol. The van der Waals surface area contributed by atoms with Crippen molar-refractivity contribution in [1.82, 2.24) is 0 Å². The molecule has 0 bridgehead atoms. The first-order valence-corrected chi connectivity index (χ1v) is 28.8. The van der Waals surface area contributed by atoms with Crippen LogP contribution in [0.4, 0.5) is 0 Å². The van der Waals surface area contributed by atoms with Gasteiger partial charge in [0.05, 0.1) is 37.6 Å². The number of carbonyl (C=O) groups excluding carboxylic acids is 1. The van der Waals surface area contributed by atoms with Crippen LogP contribution in [-0.2, 0) is 47.4 Å². The average molecular weight is 1150 g/mol. The number of carbonyl (C=O) groups is 1. The lowest BCUT2D eigenvalue weighted by Gasteiger charge is -2.71. The number of ether oxygens (including phenoxy) is 9. The monoisotopic (exact) mass is 1150 g/mol. The molecule has 0 aromatic rings. The Morgan fingerprint density at radius 3 is 1.70 bits per heavy atom. The van der Waals surface area contributed by atoms with E-state index in [9.17, 15) is 76.3 Å². The van der Waals surface area contributed by atoms with Crippen LogP contribution in [0, 0.1) is 45.3 Å². The van der Waals surface area contributed by atoms with E-state index in [4.69, 9.17) is 42.6 Å². The van der Waals surface area contributed by atoms with Crippen molar-refractivity contribution in [2.45, 2.75) is 261 Å². The van der Waals surface area contributed by atoms with Crippen molar-refractivity contribution in [2.75, 3.05) is 26.4 Å². The number of rotatable bonds is 17. The summed E-state index contributed by atoms with van der Waals surface area (Å²) in [4.78, 5) is 11.6. The zero-order valence-corrected chi connectivity index (χ0v) is 47.6. The van der Waals surface area contributed by atoms with Gasteiger partial charge in [-0.25, -0.2) is 0 Å². The fourth-order valence-electron chi connectivity index (χ4n) is 16.4. The molecule has 0 aromatic heterocycles. The maximum absolute atomic E-state index is 12.9. The highest BCUT2D eigenvalue weighted by atomic mass is 16.8. The topological polar surface area (TPSA) is 383 Å². The molecule has 4 aliphatic heterocycles. The van der Waals surface area contributed by atoms with Gasteiger partial charge in [0.2, 0.25) is 0 Å². The van der Waals surface area contributed by atoms with Crippen LogP contribution >= 0.6 is 0 Å². The minimum atomic E-state index is -1.85. The van der Waals surface area contributed by atoms with Crippen molar-refractivity contribution in [1.29, 1.82) is 0 Å². The summed E-state index contributed by atoms with van der Waals surface area (Å²) in [6.45, 7) is 15.9. The third-order valence-corrected chi connectivity index (χ3v) is 21.2. The number of aliphatic hydroxyl groups is 14. The summed E-state index contributed by atoms with van der Waals surface area (Å²) in [7, 11) is 0. The predicted molar refractivity (Wildman–Crippen MR) is 276 cm³/mol. The molecule has 4 saturated carbocycles. The Labute approximate surface area is 467 Å². The Kier molecular flexibility index (Phi) is 19.8. The fraction of sp³-hybridized carbons (Fsp3) is 0.946. The fourth-order valence-corrected chi connectivity index (χ4v) is 16.4. The first-order chi connectivity index (χ1) is 37.4. The summed E-state index contributed by atoms with van der Waals surface area (Å²) in [6.07, 6.45) is -25.6. The van der Waals surface area contributed by atoms with Crippen molar-refractivity contribution in [3.05, 3.63) is 11.6 Å². The molecule has 0 unspecified atom stereocenters. The lowest BCUT2D eigenvalue weighted by molar-refractivity contribution is -0.378. The molecule has 8 rings (SSSR count). The summed E-state index contributed by atoms with van der Waals surface area (Å²) >= 11 is 0. The second kappa shape index (κ2) is 24.6. The van der Waals surface area contributed by atoms with E-state index in [0.717, 1.165) is 31.8 Å². The third kappa shape index (κ3) is 11.6. The Morgan fingerprint density at radius 1 is 0.575 bits per heavy atom. The second-order valence-corrected chi connectivity index (χ2v) is 26.4. The summed E-state index contributed by atoms with van der Waals surface area (Å²) < 4.78 is 54.2. The van der Waals surface area contributed by atoms with Crippen LogP contribution < -0.4 is 0 Å². The standard InChI is InChI=1S/C56H94O24/c1-24(2)11-10-15-56(9,80-50-46(71)42(67)39(64)31(77-50)23-73-48-44(69)40(65)36(61)28(20-57)74-48)26-12-17-55(8)35(26)27(60)19-33-53(6)16-14-34(52(4,5)32(53)13-18-54(33,55)7)78-51-47(43(68)37(62)29(21-58)75-51)79-49-45(70)41(66)38(63)30(76-49)22-72-25(3)59/h11,26-51,57-58,60-71H,10,12-23H2,1-9H3/t26-,27+,28-,29-,30+,31+,32-,33-,34-,35+,36+,37-,38+,39+,40-,41-,42+,43+,44-,45-,46-,47-,48-,49-,50+,51-,53-,54-,55+,56-/m0/s1. The highest BCUT2D eigenvalue weighted by molar-refractivity contribution is 5.65. The van der Waals surface area contributed by atoms with Crippen LogP contribution in [0.5, 0.6) is 0 Å². The molecule has 24 heteroatoms. The van der Waals surface area contributed by atoms with Crippen LogP contribution in [0.3, 0.4) is 0 Å². The highest BCUT2D eigenvalue weighted by Crippen LogP contribution is 2.76. The summed E-state index contributed by atoms with van der Waals surface area (Å²) in [5.74, 6) is -1.21. The molecule has 0 spiro atoms. The zero-order chi connectivity index (χ0) is 58.9. The van der Waals surface area contributed by atoms with Gasteiger partial charge in [0, 0.05) is 6.92 Å². The van der Waals surface area contributed by atoms with E-state index < -0.39 is 184 Å². The van der Waals surface area contributed by atoms with Crippen LogP contribution in [0.1, 0.15) is 120 Å². The smallest absolute Gasteiger partial charge is 0.302 e. The molecule has 30 atom stereocenters. The molecule has 0 aromatic carbocycles. The molecule has 4 heterocycles. The van der Waals surface area contributed by atoms with E-state index in [1.807, 2.05) is 20.8 Å². The van der Waals surface area contributed by atoms with Crippen molar-refractivity contribution in [3.63, 3.8) is 0 Å². The van der Waals surface area contributed by atoms with Crippen molar-refractivity contribution >= 4 is 5.97 Å². The van der Waals surface area contributed by atoms with Gasteiger partial charge >= 0.3 is 5.97 Å². The van der Waals surface area contributed by atoms with E-state index in [1.54, 1.807) is 0 Å². The molecule has 80 heavy (non-hydrogen) atoms. The number of esters is 1. The van der Waals surface area contributed by atoms with E-state index in [2.05, 4.69) is 40.7 Å². The lowest BCUT2D eigenvalue weighted by Crippen LogP contribution is -2.68. The molecule has 0 radical (unpaired) electrons. The Hall–Kier alpha value is -1.67. The normalized spacial score (nSPS) is 51.0. The maximum atomic E-state index is 12.9. The molecule has 4 saturated heterocycles. The number of fused-ring (bicyclic) bond motifs is 5. The Morgan fingerprint density at radius 2 is 1.10 bits per heavy atom. The molecule has 462 valence electrons. The SMILES string of the molecule is CC(=O)OC[C@H]1O[C@@H](O[C@@H]2[C@H](O[C@H]3CC[C@@]4(C)[C@@H](CC[C@@]5(C)[C@H]4C[C@@H](O)[C@H]4[C@@H]([C@](C)(CCC=C(C)C)O[C@H]6O[C@H](CO[C@H]7O[C@@H](CO)[C@@H](O)[C@H](O)[C@@H]7O)[C@@H](O)[C@@H](O)[C@@H]6O)CC[C@]45C)C3(C)C)O[C@@H](CO)[C@H](O)[C@H]2O)[C@@H](O)[C@@H](O)[C@@H]1O. The van der Waals surface area contributed by atoms with Gasteiger partial charge in [-0.1, -0.05) is 46.3 Å². The van der Waals surface area contributed by atoms with Crippen LogP contribution in [0.15, 0.2) is 11.6 Å². The van der Waals surface area contributed by atoms with Crippen molar-refractivity contribution < 1.29 is 119 Å². The Balaban J connectivity index is 1.00. The Bertz CT molecular complexity index is 2120. The van der Waals surface area contributed by atoms with E-state index >= 15 is 0 Å². The third-order valence-electron chi connectivity index (χ3n) is 21.2. The van der Waals surface area contributed by atoms with Gasteiger partial charge < -0.3 is 114 Å². The number of allylic oxidation sites excluding steroid dienone is 2. The van der Waals surface area contributed by atoms with Crippen molar-refractivity contribution in [2.24, 2.45) is 45.3 Å². The molecule has 8 aliphatic rings. The minimum Gasteiger partial charge on any atom is -0.463 e. The van der Waals surface area contributed by atoms with Gasteiger partial charge in [0.15, 0.2) is 25.2 Å². The molecule has 8 fully saturated rings. The van der Waals surface area contributed by atoms with Crippen LogP contribution in [0.25, 0.3) is 0 Å². The van der Waals surface area contributed by atoms with Gasteiger partial charge in [-0.2, -0.15) is 0 Å². The molecule has 24 nitrogen and oxygen atoms in total. The van der Waals surface area contributed by atoms with Gasteiger partial charge in [-0.3, -0.25) is 4.79 Å². The van der Waals surface area contributed by atoms with Crippen molar-refractivity contribution in [3.8, 4) is 0 Å². The zero-order valence-electron chi connectivity index (χ0n) is 47.6. The lowest BCUT2D eigenvalue weighted by atomic mass is 9.35. The van der Waals surface area contributed by atoms with E-state index in [0.29, 0.717) is 38.5 Å². The quantitative estimate of drug-likeness (QED) is 0.0442. The molecular formula is C56H94O24. The first-order valence-electron chi connectivity index (χ1n) is 28.8. The summed E-state index contributed by atoms with van der Waals surface area (Å²) in [5, 5.41) is 153.